The van der Waals surface area contributed by atoms with Gasteiger partial charge in [-0.15, -0.1) is 0 Å². The van der Waals surface area contributed by atoms with E-state index in [9.17, 15) is 9.18 Å². The molecule has 1 amide bonds. The van der Waals surface area contributed by atoms with E-state index in [1.54, 1.807) is 12.1 Å². The molecule has 2 rings (SSSR count). The van der Waals surface area contributed by atoms with Crippen molar-refractivity contribution in [2.45, 2.75) is 13.0 Å². The van der Waals surface area contributed by atoms with E-state index in [1.807, 2.05) is 19.1 Å². The summed E-state index contributed by atoms with van der Waals surface area (Å²) >= 11 is 0. The fourth-order valence-corrected chi connectivity index (χ4v) is 1.75. The molecule has 0 fully saturated rings. The van der Waals surface area contributed by atoms with Crippen LogP contribution in [0.4, 0.5) is 10.1 Å². The van der Waals surface area contributed by atoms with Crippen LogP contribution in [-0.4, -0.2) is 12.5 Å². The molecule has 0 saturated heterocycles. The molecular formula is C16H17FN2O2. The second-order valence-corrected chi connectivity index (χ2v) is 4.70. The normalized spacial score (nSPS) is 11.8. The summed E-state index contributed by atoms with van der Waals surface area (Å²) in [6.07, 6.45) is 0. The Kier molecular flexibility index (Phi) is 4.90. The Labute approximate surface area is 122 Å². The molecule has 5 heteroatoms. The summed E-state index contributed by atoms with van der Waals surface area (Å²) in [5.74, 6) is -0.0648. The first-order valence-electron chi connectivity index (χ1n) is 6.58. The molecule has 0 radical (unpaired) electrons. The third kappa shape index (κ3) is 4.57. The van der Waals surface area contributed by atoms with E-state index in [1.165, 1.54) is 24.3 Å². The average molecular weight is 288 g/mol. The molecule has 2 aromatic rings. The van der Waals surface area contributed by atoms with E-state index in [0.29, 0.717) is 11.4 Å². The summed E-state index contributed by atoms with van der Waals surface area (Å²) in [5.41, 5.74) is 7.27. The molecule has 0 spiro atoms. The van der Waals surface area contributed by atoms with Crippen molar-refractivity contribution < 1.29 is 13.9 Å². The van der Waals surface area contributed by atoms with E-state index in [0.717, 1.165) is 5.56 Å². The molecule has 110 valence electrons. The van der Waals surface area contributed by atoms with Crippen molar-refractivity contribution in [2.75, 3.05) is 11.9 Å². The lowest BCUT2D eigenvalue weighted by atomic mass is 10.1. The molecule has 0 heterocycles. The lowest BCUT2D eigenvalue weighted by Crippen LogP contribution is -2.20. The summed E-state index contributed by atoms with van der Waals surface area (Å²) < 4.78 is 18.1. The number of nitrogens with two attached hydrogens (primary N) is 1. The Morgan fingerprint density at radius 1 is 1.19 bits per heavy atom. The van der Waals surface area contributed by atoms with Crippen LogP contribution in [0.2, 0.25) is 0 Å². The van der Waals surface area contributed by atoms with E-state index in [-0.39, 0.29) is 24.4 Å². The van der Waals surface area contributed by atoms with Crippen LogP contribution in [0.5, 0.6) is 5.75 Å². The highest BCUT2D eigenvalue weighted by Gasteiger charge is 2.05. The van der Waals surface area contributed by atoms with Gasteiger partial charge in [0.1, 0.15) is 11.6 Å². The van der Waals surface area contributed by atoms with E-state index in [4.69, 9.17) is 10.5 Å². The van der Waals surface area contributed by atoms with Gasteiger partial charge >= 0.3 is 0 Å². The highest BCUT2D eigenvalue weighted by atomic mass is 19.1. The minimum absolute atomic E-state index is 0.0409. The van der Waals surface area contributed by atoms with Crippen LogP contribution in [0.25, 0.3) is 0 Å². The van der Waals surface area contributed by atoms with Crippen LogP contribution >= 0.6 is 0 Å². The molecule has 0 aliphatic rings. The van der Waals surface area contributed by atoms with Gasteiger partial charge in [0, 0.05) is 11.7 Å². The molecule has 0 saturated carbocycles. The highest BCUT2D eigenvalue weighted by molar-refractivity contribution is 5.91. The van der Waals surface area contributed by atoms with Crippen LogP contribution in [0, 0.1) is 5.82 Å². The molecule has 2 aromatic carbocycles. The predicted octanol–water partition coefficient (Wildman–Crippen LogP) is 2.86. The monoisotopic (exact) mass is 288 g/mol. The molecule has 3 N–H and O–H groups in total. The quantitative estimate of drug-likeness (QED) is 0.889. The van der Waals surface area contributed by atoms with Gasteiger partial charge in [-0.3, -0.25) is 4.79 Å². The van der Waals surface area contributed by atoms with E-state index >= 15 is 0 Å². The van der Waals surface area contributed by atoms with Crippen molar-refractivity contribution in [3.63, 3.8) is 0 Å². The third-order valence-electron chi connectivity index (χ3n) is 2.90. The minimum Gasteiger partial charge on any atom is -0.484 e. The zero-order valence-electron chi connectivity index (χ0n) is 11.7. The average Bonchev–Trinajstić information content (AvgIpc) is 2.48. The third-order valence-corrected chi connectivity index (χ3v) is 2.90. The Hall–Kier alpha value is -2.40. The molecule has 0 aliphatic heterocycles. The lowest BCUT2D eigenvalue weighted by molar-refractivity contribution is -0.118. The molecular weight excluding hydrogens is 271 g/mol. The van der Waals surface area contributed by atoms with Crippen molar-refractivity contribution in [3.8, 4) is 5.75 Å². The SMILES string of the molecule is CC(N)c1ccc(OCC(=O)Nc2ccc(F)cc2)cc1. The van der Waals surface area contributed by atoms with Gasteiger partial charge in [0.15, 0.2) is 6.61 Å². The number of nitrogens with one attached hydrogen (secondary N) is 1. The van der Waals surface area contributed by atoms with Crippen molar-refractivity contribution in [1.82, 2.24) is 0 Å². The number of carbonyl (C=O) groups is 1. The van der Waals surface area contributed by atoms with Crippen molar-refractivity contribution >= 4 is 11.6 Å². The Balaban J connectivity index is 1.84. The summed E-state index contributed by atoms with van der Waals surface area (Å²) in [4.78, 5) is 11.7. The number of anilines is 1. The highest BCUT2D eigenvalue weighted by Crippen LogP contribution is 2.16. The zero-order valence-corrected chi connectivity index (χ0v) is 11.7. The van der Waals surface area contributed by atoms with Gasteiger partial charge in [-0.1, -0.05) is 12.1 Å². The minimum atomic E-state index is -0.349. The fraction of sp³-hybridized carbons (Fsp3) is 0.188. The maximum absolute atomic E-state index is 12.7. The Morgan fingerprint density at radius 3 is 2.38 bits per heavy atom. The van der Waals surface area contributed by atoms with Crippen LogP contribution in [0.15, 0.2) is 48.5 Å². The van der Waals surface area contributed by atoms with E-state index < -0.39 is 0 Å². The molecule has 0 bridgehead atoms. The first kappa shape index (κ1) is 15.0. The lowest BCUT2D eigenvalue weighted by Gasteiger charge is -2.09. The Bertz CT molecular complexity index is 595. The number of hydrogen-bond acceptors (Lipinski definition) is 3. The van der Waals surface area contributed by atoms with Crippen LogP contribution in [0.1, 0.15) is 18.5 Å². The molecule has 1 atom stereocenters. The van der Waals surface area contributed by atoms with Gasteiger partial charge in [0.2, 0.25) is 0 Å². The number of hydrogen-bond donors (Lipinski definition) is 2. The first-order valence-corrected chi connectivity index (χ1v) is 6.58. The maximum Gasteiger partial charge on any atom is 0.262 e. The van der Waals surface area contributed by atoms with Gasteiger partial charge in [0.05, 0.1) is 0 Å². The summed E-state index contributed by atoms with van der Waals surface area (Å²) in [6, 6.07) is 12.8. The largest absolute Gasteiger partial charge is 0.484 e. The van der Waals surface area contributed by atoms with Crippen molar-refractivity contribution in [3.05, 3.63) is 59.9 Å². The number of rotatable bonds is 5. The number of halogens is 1. The van der Waals surface area contributed by atoms with Gasteiger partial charge in [0.25, 0.3) is 5.91 Å². The molecule has 4 nitrogen and oxygen atoms in total. The van der Waals surface area contributed by atoms with E-state index in [2.05, 4.69) is 5.32 Å². The number of amides is 1. The molecule has 0 aliphatic carbocycles. The van der Waals surface area contributed by atoms with Crippen LogP contribution < -0.4 is 15.8 Å². The summed E-state index contributed by atoms with van der Waals surface area (Å²) in [5, 5.41) is 2.62. The van der Waals surface area contributed by atoms with Gasteiger partial charge < -0.3 is 15.8 Å². The molecule has 21 heavy (non-hydrogen) atoms. The topological polar surface area (TPSA) is 64.3 Å². The summed E-state index contributed by atoms with van der Waals surface area (Å²) in [7, 11) is 0. The number of benzene rings is 2. The zero-order chi connectivity index (χ0) is 15.2. The maximum atomic E-state index is 12.7. The van der Waals surface area contributed by atoms with Gasteiger partial charge in [-0.25, -0.2) is 4.39 Å². The molecule has 0 aromatic heterocycles. The second-order valence-electron chi connectivity index (χ2n) is 4.70. The van der Waals surface area contributed by atoms with Crippen LogP contribution in [-0.2, 0) is 4.79 Å². The van der Waals surface area contributed by atoms with Crippen molar-refractivity contribution in [2.24, 2.45) is 5.73 Å². The van der Waals surface area contributed by atoms with Crippen LogP contribution in [0.3, 0.4) is 0 Å². The number of ether oxygens (including phenoxy) is 1. The Morgan fingerprint density at radius 2 is 1.81 bits per heavy atom. The first-order chi connectivity index (χ1) is 10.0. The second kappa shape index (κ2) is 6.85. The predicted molar refractivity (Wildman–Crippen MR) is 79.6 cm³/mol. The fourth-order valence-electron chi connectivity index (χ4n) is 1.75. The van der Waals surface area contributed by atoms with Gasteiger partial charge in [-0.05, 0) is 48.9 Å². The van der Waals surface area contributed by atoms with Crippen molar-refractivity contribution in [1.29, 1.82) is 0 Å². The number of carbonyl (C=O) groups excluding carboxylic acids is 1. The summed E-state index contributed by atoms with van der Waals surface area (Å²) in [6.45, 7) is 1.78. The molecule has 1 unspecified atom stereocenters. The smallest absolute Gasteiger partial charge is 0.262 e. The van der Waals surface area contributed by atoms with Gasteiger partial charge in [-0.2, -0.15) is 0 Å². The standard InChI is InChI=1S/C16H17FN2O2/c1-11(18)12-2-8-15(9-3-12)21-10-16(20)19-14-6-4-13(17)5-7-14/h2-9,11H,10,18H2,1H3,(H,19,20).